The van der Waals surface area contributed by atoms with Gasteiger partial charge in [-0.3, -0.25) is 27.3 Å². The molecular weight excluding hydrogens is 762 g/mol. The van der Waals surface area contributed by atoms with Crippen molar-refractivity contribution in [3.63, 3.8) is 0 Å². The molecule has 0 saturated carbocycles. The van der Waals surface area contributed by atoms with Crippen LogP contribution in [0.4, 0.5) is 0 Å². The van der Waals surface area contributed by atoms with Gasteiger partial charge in [-0.25, -0.2) is 0 Å². The number of hydrogen-bond donors (Lipinski definition) is 6. The summed E-state index contributed by atoms with van der Waals surface area (Å²) in [5.74, 6) is 0. The van der Waals surface area contributed by atoms with Crippen LogP contribution in [0.15, 0.2) is 0 Å². The van der Waals surface area contributed by atoms with E-state index >= 15 is 0 Å². The Bertz CT molecular complexity index is 346. The van der Waals surface area contributed by atoms with E-state index < -0.39 is 31.2 Å². The predicted molar refractivity (Wildman–Crippen MR) is 42.5 cm³/mol. The summed E-state index contributed by atoms with van der Waals surface area (Å²) in [4.78, 5) is 0. The first-order valence-corrected chi connectivity index (χ1v) is 6.29. The summed E-state index contributed by atoms with van der Waals surface area (Å²) < 4.78 is 94.8. The fourth-order valence-corrected chi connectivity index (χ4v) is 0. The molecule has 18 heteroatoms. The molecular formula is H6Gd2O12S3Tb. The van der Waals surface area contributed by atoms with E-state index in [4.69, 9.17) is 52.6 Å². The van der Waals surface area contributed by atoms with Crippen LogP contribution in [0.3, 0.4) is 0 Å². The fourth-order valence-electron chi connectivity index (χ4n) is 0. The topological polar surface area (TPSA) is 224 Å². The SMILES string of the molecule is O=S(=O)(O)O.O=S(=O)(O)O.O=S(=O)(O)O.[Gd].[Gd].[Tb]. The second-order valence-electron chi connectivity index (χ2n) is 1.34. The zero-order valence-electron chi connectivity index (χ0n) is 7.40. The zero-order chi connectivity index (χ0) is 13.5. The van der Waals surface area contributed by atoms with Crippen molar-refractivity contribution >= 4 is 31.2 Å². The Hall–Kier alpha value is 3.55. The molecule has 0 saturated heterocycles. The Morgan fingerprint density at radius 1 is 0.444 bits per heavy atom. The Kier molecular flexibility index (Phi) is 35.4. The second kappa shape index (κ2) is 16.9. The molecule has 0 fully saturated rings. The van der Waals surface area contributed by atoms with Crippen LogP contribution in [0.5, 0.6) is 0 Å². The quantitative estimate of drug-likeness (QED) is 0.148. The maximum atomic E-state index is 8.74. The molecule has 121 valence electrons. The summed E-state index contributed by atoms with van der Waals surface area (Å²) in [5.41, 5.74) is 0. The molecule has 0 aliphatic carbocycles. The monoisotopic (exact) mass is 769 g/mol. The first-order valence-electron chi connectivity index (χ1n) is 2.10. The molecule has 0 aliphatic rings. The van der Waals surface area contributed by atoms with E-state index in [1.54, 1.807) is 0 Å². The molecule has 0 aromatic rings. The molecule has 0 heterocycles. The molecule has 1 radical (unpaired) electrons. The van der Waals surface area contributed by atoms with Crippen LogP contribution in [0.1, 0.15) is 0 Å². The summed E-state index contributed by atoms with van der Waals surface area (Å²) >= 11 is 0. The maximum Gasteiger partial charge on any atom is 0.394 e. The average Bonchev–Trinajstić information content (AvgIpc) is 1.41. The third-order valence-corrected chi connectivity index (χ3v) is 0. The Balaban J connectivity index is -0.0000000277. The minimum Gasteiger partial charge on any atom is -0.264 e. The number of rotatable bonds is 0. The van der Waals surface area contributed by atoms with Gasteiger partial charge in [0.25, 0.3) is 0 Å². The van der Waals surface area contributed by atoms with E-state index in [2.05, 4.69) is 0 Å². The summed E-state index contributed by atoms with van der Waals surface area (Å²) in [6.07, 6.45) is 0. The van der Waals surface area contributed by atoms with Gasteiger partial charge < -0.3 is 0 Å². The molecule has 0 rings (SSSR count). The van der Waals surface area contributed by atoms with Gasteiger partial charge in [0.05, 0.1) is 0 Å². The molecule has 18 heavy (non-hydrogen) atoms. The van der Waals surface area contributed by atoms with Crippen LogP contribution in [-0.4, -0.2) is 52.6 Å². The van der Waals surface area contributed by atoms with Crippen LogP contribution < -0.4 is 0 Å². The Morgan fingerprint density at radius 2 is 0.444 bits per heavy atom. The van der Waals surface area contributed by atoms with E-state index in [1.807, 2.05) is 0 Å². The van der Waals surface area contributed by atoms with Gasteiger partial charge in [0.15, 0.2) is 0 Å². The van der Waals surface area contributed by atoms with Crippen LogP contribution in [0, 0.1) is 118 Å². The first-order chi connectivity index (χ1) is 6.00. The predicted octanol–water partition coefficient (Wildman–Crippen LogP) is -1.96. The van der Waals surface area contributed by atoms with E-state index in [9.17, 15) is 0 Å². The molecule has 0 aromatic carbocycles. The van der Waals surface area contributed by atoms with E-state index in [0.717, 1.165) is 0 Å². The van der Waals surface area contributed by atoms with Gasteiger partial charge in [0.2, 0.25) is 0 Å². The zero-order valence-corrected chi connectivity index (χ0v) is 16.5. The van der Waals surface area contributed by atoms with Gasteiger partial charge in [0.1, 0.15) is 0 Å². The molecule has 0 unspecified atom stereocenters. The summed E-state index contributed by atoms with van der Waals surface area (Å²) in [7, 11) is -14.0. The van der Waals surface area contributed by atoms with Crippen LogP contribution in [0.25, 0.3) is 0 Å². The third-order valence-electron chi connectivity index (χ3n) is 0. The largest absolute Gasteiger partial charge is 0.394 e. The van der Waals surface area contributed by atoms with Crippen molar-refractivity contribution in [1.82, 2.24) is 0 Å². The van der Waals surface area contributed by atoms with E-state index in [0.29, 0.717) is 0 Å². The van der Waals surface area contributed by atoms with Gasteiger partial charge in [-0.2, -0.15) is 25.3 Å². The molecule has 0 atom stereocenters. The fraction of sp³-hybridized carbons (Fsp3) is 0. The van der Waals surface area contributed by atoms with Gasteiger partial charge in [-0.05, 0) is 0 Å². The smallest absolute Gasteiger partial charge is 0.264 e. The molecule has 0 aliphatic heterocycles. The van der Waals surface area contributed by atoms with Crippen molar-refractivity contribution in [2.75, 3.05) is 0 Å². The molecule has 0 amide bonds. The Morgan fingerprint density at radius 3 is 0.444 bits per heavy atom. The van der Waals surface area contributed by atoms with Crippen molar-refractivity contribution in [2.45, 2.75) is 0 Å². The normalized spacial score (nSPS) is 9.67. The van der Waals surface area contributed by atoms with Crippen molar-refractivity contribution < 1.29 is 171 Å². The van der Waals surface area contributed by atoms with Gasteiger partial charge in [-0.15, -0.1) is 0 Å². The van der Waals surface area contributed by atoms with Crippen LogP contribution in [-0.2, 0) is 31.2 Å². The standard InChI is InChI=1S/2Gd.3H2O4S.Tb/c;;3*1-5(2,3)4;/h;;3*(H2,1,2,3,4);. The average molecular weight is 768 g/mol. The minimum absolute atomic E-state index is 0. The first kappa shape index (κ1) is 37.6. The van der Waals surface area contributed by atoms with E-state index in [1.165, 1.54) is 0 Å². The summed E-state index contributed by atoms with van der Waals surface area (Å²) in [6, 6.07) is 0. The van der Waals surface area contributed by atoms with Gasteiger partial charge >= 0.3 is 31.2 Å². The molecule has 12 nitrogen and oxygen atoms in total. The minimum atomic E-state index is -4.67. The summed E-state index contributed by atoms with van der Waals surface area (Å²) in [6.45, 7) is 0. The molecule has 0 spiro atoms. The summed E-state index contributed by atoms with van der Waals surface area (Å²) in [5, 5.41) is 0. The van der Waals surface area contributed by atoms with Crippen LogP contribution in [0.2, 0.25) is 0 Å². The molecule has 0 bridgehead atoms. The number of hydrogen-bond acceptors (Lipinski definition) is 6. The van der Waals surface area contributed by atoms with Gasteiger partial charge in [-0.1, -0.05) is 0 Å². The second-order valence-corrected chi connectivity index (χ2v) is 4.03. The van der Waals surface area contributed by atoms with E-state index in [-0.39, 0.29) is 118 Å². The molecule has 0 aromatic heterocycles. The van der Waals surface area contributed by atoms with Crippen molar-refractivity contribution in [3.05, 3.63) is 0 Å². The van der Waals surface area contributed by atoms with Crippen molar-refractivity contribution in [3.8, 4) is 0 Å². The maximum absolute atomic E-state index is 8.74. The Labute approximate surface area is 198 Å². The third kappa shape index (κ3) is 535. The van der Waals surface area contributed by atoms with Crippen molar-refractivity contribution in [1.29, 1.82) is 0 Å². The molecule has 6 N–H and O–H groups in total. The van der Waals surface area contributed by atoms with Crippen molar-refractivity contribution in [2.24, 2.45) is 0 Å². The van der Waals surface area contributed by atoms with Gasteiger partial charge in [0, 0.05) is 118 Å². The van der Waals surface area contributed by atoms with Crippen LogP contribution >= 0.6 is 0 Å².